The smallest absolute Gasteiger partial charge is 0.211 e. The number of isocyanates is 2. The van der Waals surface area contributed by atoms with Gasteiger partial charge in [0.2, 0.25) is 12.2 Å². The first-order chi connectivity index (χ1) is 18.5. The fourth-order valence-corrected chi connectivity index (χ4v) is 4.87. The molecule has 0 aliphatic carbocycles. The molecule has 0 radical (unpaired) electrons. The number of nitrogens with zero attached hydrogens (tertiary/aromatic N) is 6. The summed E-state index contributed by atoms with van der Waals surface area (Å²) in [6.45, 7) is 17.2. The lowest BCUT2D eigenvalue weighted by molar-refractivity contribution is 0.564. The van der Waals surface area contributed by atoms with E-state index in [-0.39, 0.29) is 0 Å². The zero-order valence-electron chi connectivity index (χ0n) is 23.7. The number of rotatable bonds is 6. The summed E-state index contributed by atoms with van der Waals surface area (Å²) < 4.78 is 0. The first-order valence-corrected chi connectivity index (χ1v) is 12.3. The molecule has 3 aromatic carbocycles. The Kier molecular flexibility index (Phi) is 8.96. The van der Waals surface area contributed by atoms with Crippen LogP contribution < -0.4 is 0 Å². The van der Waals surface area contributed by atoms with Gasteiger partial charge in [0.25, 0.3) is 0 Å². The van der Waals surface area contributed by atoms with E-state index in [1.54, 1.807) is 12.2 Å². The van der Waals surface area contributed by atoms with E-state index in [0.29, 0.717) is 34.1 Å². The van der Waals surface area contributed by atoms with Crippen molar-refractivity contribution in [2.75, 3.05) is 0 Å². The lowest BCUT2D eigenvalue weighted by Gasteiger charge is -2.10. The monoisotopic (exact) mass is 518 g/mol. The normalized spacial score (nSPS) is 9.97. The van der Waals surface area contributed by atoms with Crippen molar-refractivity contribution in [1.82, 2.24) is 0 Å². The van der Waals surface area contributed by atoms with Gasteiger partial charge in [0, 0.05) is 16.7 Å². The topological polar surface area (TPSA) is 108 Å². The molecule has 8 heteroatoms. The molecule has 0 saturated carbocycles. The molecule has 39 heavy (non-hydrogen) atoms. The molecule has 0 unspecified atom stereocenters. The van der Waals surface area contributed by atoms with E-state index in [2.05, 4.69) is 42.0 Å². The van der Waals surface area contributed by atoms with Crippen LogP contribution in [0.5, 0.6) is 0 Å². The average Bonchev–Trinajstić information content (AvgIpc) is 2.86. The number of aliphatic imine (C=N–C) groups is 6. The van der Waals surface area contributed by atoms with Crippen LogP contribution in [0.25, 0.3) is 0 Å². The molecule has 0 aliphatic heterocycles. The van der Waals surface area contributed by atoms with Crippen molar-refractivity contribution in [3.05, 3.63) is 68.3 Å². The summed E-state index contributed by atoms with van der Waals surface area (Å²) in [6.07, 6.45) is 3.22. The third kappa shape index (κ3) is 6.02. The van der Waals surface area contributed by atoms with Gasteiger partial charge in [-0.2, -0.15) is 30.0 Å². The summed E-state index contributed by atoms with van der Waals surface area (Å²) in [5.41, 5.74) is 11.7. The van der Waals surface area contributed by atoms with Crippen LogP contribution in [0.2, 0.25) is 0 Å². The van der Waals surface area contributed by atoms with E-state index < -0.39 is 0 Å². The summed E-state index contributed by atoms with van der Waals surface area (Å²) in [5.74, 6) is 0. The number of hydrogen-bond acceptors (Lipinski definition) is 8. The minimum Gasteiger partial charge on any atom is -0.211 e. The highest BCUT2D eigenvalue weighted by Crippen LogP contribution is 2.37. The third-order valence-corrected chi connectivity index (χ3v) is 6.63. The predicted molar refractivity (Wildman–Crippen MR) is 156 cm³/mol. The van der Waals surface area contributed by atoms with Gasteiger partial charge in [0.15, 0.2) is 0 Å². The Morgan fingerprint density at radius 3 is 0.795 bits per heavy atom. The van der Waals surface area contributed by atoms with E-state index in [1.807, 2.05) is 80.5 Å². The van der Waals surface area contributed by atoms with Crippen LogP contribution >= 0.6 is 0 Å². The summed E-state index contributed by atoms with van der Waals surface area (Å²) >= 11 is 0. The molecule has 3 aromatic rings. The third-order valence-electron chi connectivity index (χ3n) is 6.63. The molecule has 0 heterocycles. The number of carbonyl (C=O) groups excluding carboxylic acids is 2. The minimum atomic E-state index is 0.555. The molecule has 0 aliphatic rings. The second-order valence-electron chi connectivity index (χ2n) is 9.55. The Hall–Kier alpha value is -4.82. The second-order valence-corrected chi connectivity index (χ2v) is 9.55. The molecule has 8 nitrogen and oxygen atoms in total. The molecule has 0 saturated heterocycles. The van der Waals surface area contributed by atoms with E-state index in [0.717, 1.165) is 50.1 Å². The first-order valence-electron chi connectivity index (χ1n) is 12.3. The quantitative estimate of drug-likeness (QED) is 0.240. The lowest BCUT2D eigenvalue weighted by Crippen LogP contribution is -1.88. The standard InChI is InChI=1S/C31H30N6O2/c1-17-10-18(2)27(33-14-35-29-20(4)12-22(6)31(25(29)9)37-16-39)23(7)26(17)32-13-34-28-19(3)11-21(5)30(24(28)8)36-15-38/h10-12H,1-9H3. The fraction of sp³-hybridized carbons (Fsp3) is 0.290. The van der Waals surface area contributed by atoms with Gasteiger partial charge in [0.05, 0.1) is 34.1 Å². The molecule has 0 N–H and O–H groups in total. The fourth-order valence-electron chi connectivity index (χ4n) is 4.87. The molecule has 3 rings (SSSR count). The Morgan fingerprint density at radius 2 is 0.590 bits per heavy atom. The van der Waals surface area contributed by atoms with Gasteiger partial charge in [-0.15, -0.1) is 0 Å². The molecule has 0 aromatic heterocycles. The van der Waals surface area contributed by atoms with Crippen LogP contribution in [0.3, 0.4) is 0 Å². The zero-order valence-corrected chi connectivity index (χ0v) is 23.7. The summed E-state index contributed by atoms with van der Waals surface area (Å²) in [6, 6.07) is 11.5. The molecule has 196 valence electrons. The first kappa shape index (κ1) is 28.7. The molecule has 0 atom stereocenters. The van der Waals surface area contributed by atoms with Crippen molar-refractivity contribution < 1.29 is 9.59 Å². The van der Waals surface area contributed by atoms with E-state index in [9.17, 15) is 9.59 Å². The Morgan fingerprint density at radius 1 is 0.385 bits per heavy atom. The van der Waals surface area contributed by atoms with Gasteiger partial charge in [0.1, 0.15) is 12.0 Å². The van der Waals surface area contributed by atoms with Crippen LogP contribution in [0.15, 0.2) is 48.2 Å². The van der Waals surface area contributed by atoms with Crippen LogP contribution in [0.1, 0.15) is 50.1 Å². The van der Waals surface area contributed by atoms with Gasteiger partial charge in [-0.1, -0.05) is 18.2 Å². The average molecular weight is 519 g/mol. The molecular formula is C31H30N6O2. The number of aryl methyl sites for hydroxylation is 6. The zero-order chi connectivity index (χ0) is 28.9. The predicted octanol–water partition coefficient (Wildman–Crippen LogP) is 8.67. The molecule has 0 fully saturated rings. The highest BCUT2D eigenvalue weighted by Gasteiger charge is 2.13. The summed E-state index contributed by atoms with van der Waals surface area (Å²) in [7, 11) is 0. The van der Waals surface area contributed by atoms with Crippen molar-refractivity contribution in [2.45, 2.75) is 62.3 Å². The Bertz CT molecular complexity index is 1600. The van der Waals surface area contributed by atoms with Gasteiger partial charge < -0.3 is 0 Å². The highest BCUT2D eigenvalue weighted by atomic mass is 16.1. The van der Waals surface area contributed by atoms with Crippen molar-refractivity contribution in [3.63, 3.8) is 0 Å². The van der Waals surface area contributed by atoms with Crippen LogP contribution in [-0.2, 0) is 9.59 Å². The minimum absolute atomic E-state index is 0.555. The van der Waals surface area contributed by atoms with E-state index >= 15 is 0 Å². The molecule has 0 amide bonds. The van der Waals surface area contributed by atoms with E-state index in [4.69, 9.17) is 0 Å². The van der Waals surface area contributed by atoms with Gasteiger partial charge in [-0.25, -0.2) is 9.59 Å². The van der Waals surface area contributed by atoms with Crippen molar-refractivity contribution in [2.24, 2.45) is 30.0 Å². The maximum Gasteiger partial charge on any atom is 0.240 e. The SMILES string of the molecule is Cc1cc(C)c(N=C=Nc2c(C)cc(C)c(N=C=Nc3c(C)cc(C)c(N=C=O)c3C)c2C)c(C)c1N=C=O. The largest absolute Gasteiger partial charge is 0.240 e. The maximum absolute atomic E-state index is 10.9. The lowest BCUT2D eigenvalue weighted by atomic mass is 10.0. The molecule has 0 bridgehead atoms. The second kappa shape index (κ2) is 12.1. The van der Waals surface area contributed by atoms with Crippen molar-refractivity contribution in [3.8, 4) is 0 Å². The highest BCUT2D eigenvalue weighted by molar-refractivity contribution is 5.76. The van der Waals surface area contributed by atoms with E-state index in [1.165, 1.54) is 0 Å². The van der Waals surface area contributed by atoms with Gasteiger partial charge in [-0.05, 0) is 95.7 Å². The Balaban J connectivity index is 2.09. The summed E-state index contributed by atoms with van der Waals surface area (Å²) in [5, 5.41) is 0. The number of hydrogen-bond donors (Lipinski definition) is 0. The van der Waals surface area contributed by atoms with Crippen molar-refractivity contribution >= 4 is 58.3 Å². The van der Waals surface area contributed by atoms with Crippen LogP contribution in [0.4, 0.5) is 34.1 Å². The molecular weight excluding hydrogens is 488 g/mol. The maximum atomic E-state index is 10.9. The van der Waals surface area contributed by atoms with Crippen LogP contribution in [0, 0.1) is 62.3 Å². The number of benzene rings is 3. The van der Waals surface area contributed by atoms with Gasteiger partial charge in [-0.3, -0.25) is 0 Å². The van der Waals surface area contributed by atoms with Crippen LogP contribution in [-0.4, -0.2) is 24.2 Å². The molecule has 0 spiro atoms. The summed E-state index contributed by atoms with van der Waals surface area (Å²) in [4.78, 5) is 47.4. The van der Waals surface area contributed by atoms with Crippen molar-refractivity contribution in [1.29, 1.82) is 0 Å². The Labute approximate surface area is 228 Å². The van der Waals surface area contributed by atoms with Gasteiger partial charge >= 0.3 is 0 Å².